The monoisotopic (exact) mass is 262 g/mol. The van der Waals surface area contributed by atoms with E-state index in [0.29, 0.717) is 5.92 Å². The van der Waals surface area contributed by atoms with Crippen LogP contribution in [0.5, 0.6) is 0 Å². The molecule has 0 aromatic heterocycles. The lowest BCUT2D eigenvalue weighted by Crippen LogP contribution is -2.24. The Bertz CT molecular complexity index is 358. The fourth-order valence-corrected chi connectivity index (χ4v) is 2.36. The summed E-state index contributed by atoms with van der Waals surface area (Å²) in [5.74, 6) is 1.42. The lowest BCUT2D eigenvalue weighted by atomic mass is 10.1. The van der Waals surface area contributed by atoms with Crippen molar-refractivity contribution < 1.29 is 0 Å². The van der Waals surface area contributed by atoms with Crippen LogP contribution < -0.4 is 5.32 Å². The van der Waals surface area contributed by atoms with E-state index in [9.17, 15) is 0 Å². The first-order chi connectivity index (χ1) is 8.99. The highest BCUT2D eigenvalue weighted by atomic mass is 15.1. The minimum Gasteiger partial charge on any atom is -0.312 e. The first-order valence-corrected chi connectivity index (χ1v) is 7.45. The summed E-state index contributed by atoms with van der Waals surface area (Å²) in [6, 6.07) is 8.78. The molecule has 0 aliphatic heterocycles. The predicted molar refractivity (Wildman–Crippen MR) is 84.2 cm³/mol. The molecule has 0 saturated carbocycles. The van der Waals surface area contributed by atoms with E-state index in [0.717, 1.165) is 32.1 Å². The average Bonchev–Trinajstić information content (AvgIpc) is 2.29. The summed E-state index contributed by atoms with van der Waals surface area (Å²) in [7, 11) is 2.21. The molecule has 0 aliphatic rings. The lowest BCUT2D eigenvalue weighted by molar-refractivity contribution is 0.287. The molecule has 1 N–H and O–H groups in total. The largest absolute Gasteiger partial charge is 0.312 e. The molecule has 0 radical (unpaired) electrons. The molecule has 0 amide bonds. The van der Waals surface area contributed by atoms with Crippen LogP contribution in [0.3, 0.4) is 0 Å². The standard InChI is InChI=1S/C17H30N2/c1-14(2)10-18-11-16-8-6-7-9-17(16)13-19(5)12-15(3)4/h6-9,14-15,18H,10-13H2,1-5H3. The molecule has 2 heteroatoms. The van der Waals surface area contributed by atoms with Crippen LogP contribution in [-0.2, 0) is 13.1 Å². The molecular weight excluding hydrogens is 232 g/mol. The van der Waals surface area contributed by atoms with Crippen LogP contribution in [-0.4, -0.2) is 25.0 Å². The summed E-state index contributed by atoms with van der Waals surface area (Å²) in [6.45, 7) is 13.3. The molecule has 1 aromatic rings. The first-order valence-electron chi connectivity index (χ1n) is 7.45. The van der Waals surface area contributed by atoms with Gasteiger partial charge >= 0.3 is 0 Å². The van der Waals surface area contributed by atoms with Gasteiger partial charge in [0, 0.05) is 19.6 Å². The van der Waals surface area contributed by atoms with E-state index < -0.39 is 0 Å². The molecule has 2 nitrogen and oxygen atoms in total. The molecular formula is C17H30N2. The molecule has 1 aromatic carbocycles. The van der Waals surface area contributed by atoms with Gasteiger partial charge in [-0.25, -0.2) is 0 Å². The second-order valence-corrected chi connectivity index (χ2v) is 6.38. The van der Waals surface area contributed by atoms with Gasteiger partial charge in [0.2, 0.25) is 0 Å². The number of hydrogen-bond donors (Lipinski definition) is 1. The molecule has 0 fully saturated rings. The lowest BCUT2D eigenvalue weighted by Gasteiger charge is -2.21. The third-order valence-electron chi connectivity index (χ3n) is 3.10. The molecule has 0 unspecified atom stereocenters. The third kappa shape index (κ3) is 6.74. The summed E-state index contributed by atoms with van der Waals surface area (Å²) in [5.41, 5.74) is 2.88. The fourth-order valence-electron chi connectivity index (χ4n) is 2.36. The van der Waals surface area contributed by atoms with Gasteiger partial charge in [0.05, 0.1) is 0 Å². The van der Waals surface area contributed by atoms with Gasteiger partial charge in [-0.05, 0) is 36.6 Å². The third-order valence-corrected chi connectivity index (χ3v) is 3.10. The van der Waals surface area contributed by atoms with Crippen LogP contribution >= 0.6 is 0 Å². The molecule has 0 spiro atoms. The van der Waals surface area contributed by atoms with E-state index in [4.69, 9.17) is 0 Å². The van der Waals surface area contributed by atoms with Crippen molar-refractivity contribution in [1.82, 2.24) is 10.2 Å². The summed E-state index contributed by atoms with van der Waals surface area (Å²) in [5, 5.41) is 3.54. The van der Waals surface area contributed by atoms with Gasteiger partial charge < -0.3 is 10.2 Å². The van der Waals surface area contributed by atoms with Crippen molar-refractivity contribution in [3.63, 3.8) is 0 Å². The van der Waals surface area contributed by atoms with Crippen molar-refractivity contribution in [3.8, 4) is 0 Å². The molecule has 108 valence electrons. The van der Waals surface area contributed by atoms with Crippen LogP contribution in [0.25, 0.3) is 0 Å². The highest BCUT2D eigenvalue weighted by molar-refractivity contribution is 5.26. The van der Waals surface area contributed by atoms with Crippen molar-refractivity contribution in [2.24, 2.45) is 11.8 Å². The van der Waals surface area contributed by atoms with E-state index in [-0.39, 0.29) is 0 Å². The molecule has 0 bridgehead atoms. The normalized spacial score (nSPS) is 11.8. The van der Waals surface area contributed by atoms with Crippen LogP contribution in [0.1, 0.15) is 38.8 Å². The fraction of sp³-hybridized carbons (Fsp3) is 0.647. The second kappa shape index (κ2) is 8.34. The van der Waals surface area contributed by atoms with Crippen molar-refractivity contribution in [2.45, 2.75) is 40.8 Å². The van der Waals surface area contributed by atoms with E-state index in [1.54, 1.807) is 0 Å². The van der Waals surface area contributed by atoms with Gasteiger partial charge in [0.15, 0.2) is 0 Å². The average molecular weight is 262 g/mol. The zero-order valence-corrected chi connectivity index (χ0v) is 13.2. The zero-order chi connectivity index (χ0) is 14.3. The van der Waals surface area contributed by atoms with E-state index in [2.05, 4.69) is 69.2 Å². The van der Waals surface area contributed by atoms with Gasteiger partial charge in [-0.3, -0.25) is 0 Å². The summed E-state index contributed by atoms with van der Waals surface area (Å²) < 4.78 is 0. The highest BCUT2D eigenvalue weighted by Crippen LogP contribution is 2.12. The molecule has 0 aliphatic carbocycles. The van der Waals surface area contributed by atoms with Gasteiger partial charge in [-0.2, -0.15) is 0 Å². The Balaban J connectivity index is 2.57. The number of rotatable bonds is 8. The van der Waals surface area contributed by atoms with E-state index >= 15 is 0 Å². The van der Waals surface area contributed by atoms with Crippen molar-refractivity contribution in [3.05, 3.63) is 35.4 Å². The van der Waals surface area contributed by atoms with E-state index in [1.165, 1.54) is 11.1 Å². The molecule has 0 atom stereocenters. The molecule has 19 heavy (non-hydrogen) atoms. The summed E-state index contributed by atoms with van der Waals surface area (Å²) >= 11 is 0. The van der Waals surface area contributed by atoms with Crippen molar-refractivity contribution >= 4 is 0 Å². The minimum atomic E-state index is 0.704. The quantitative estimate of drug-likeness (QED) is 0.771. The number of hydrogen-bond acceptors (Lipinski definition) is 2. The zero-order valence-electron chi connectivity index (χ0n) is 13.2. The molecule has 0 heterocycles. The van der Waals surface area contributed by atoms with Crippen molar-refractivity contribution in [2.75, 3.05) is 20.1 Å². The van der Waals surface area contributed by atoms with Gasteiger partial charge in [0.1, 0.15) is 0 Å². The Kier molecular flexibility index (Phi) is 7.11. The molecule has 1 rings (SSSR count). The van der Waals surface area contributed by atoms with Gasteiger partial charge in [0.25, 0.3) is 0 Å². The Morgan fingerprint density at radius 1 is 1.00 bits per heavy atom. The van der Waals surface area contributed by atoms with Crippen LogP contribution in [0.2, 0.25) is 0 Å². The number of nitrogens with zero attached hydrogens (tertiary/aromatic N) is 1. The number of nitrogens with one attached hydrogen (secondary N) is 1. The summed E-state index contributed by atoms with van der Waals surface area (Å²) in [6.07, 6.45) is 0. The Labute approximate surface area is 119 Å². The predicted octanol–water partition coefficient (Wildman–Crippen LogP) is 3.52. The summed E-state index contributed by atoms with van der Waals surface area (Å²) in [4.78, 5) is 2.41. The maximum absolute atomic E-state index is 3.54. The van der Waals surface area contributed by atoms with E-state index in [1.807, 2.05) is 0 Å². The van der Waals surface area contributed by atoms with Crippen LogP contribution in [0, 0.1) is 11.8 Å². The Hall–Kier alpha value is -0.860. The van der Waals surface area contributed by atoms with Crippen molar-refractivity contribution in [1.29, 1.82) is 0 Å². The maximum atomic E-state index is 3.54. The minimum absolute atomic E-state index is 0.704. The van der Waals surface area contributed by atoms with Gasteiger partial charge in [-0.1, -0.05) is 52.0 Å². The Morgan fingerprint density at radius 3 is 2.21 bits per heavy atom. The number of benzene rings is 1. The van der Waals surface area contributed by atoms with Crippen LogP contribution in [0.4, 0.5) is 0 Å². The smallest absolute Gasteiger partial charge is 0.0234 e. The SMILES string of the molecule is CC(C)CNCc1ccccc1CN(C)CC(C)C. The first kappa shape index (κ1) is 16.2. The highest BCUT2D eigenvalue weighted by Gasteiger charge is 2.06. The van der Waals surface area contributed by atoms with Crippen LogP contribution in [0.15, 0.2) is 24.3 Å². The Morgan fingerprint density at radius 2 is 1.63 bits per heavy atom. The maximum Gasteiger partial charge on any atom is 0.0234 e. The second-order valence-electron chi connectivity index (χ2n) is 6.38. The van der Waals surface area contributed by atoms with Gasteiger partial charge in [-0.15, -0.1) is 0 Å². The topological polar surface area (TPSA) is 15.3 Å². The molecule has 0 saturated heterocycles.